The first-order valence-corrected chi connectivity index (χ1v) is 32.3. The van der Waals surface area contributed by atoms with E-state index in [1.807, 2.05) is 69.2 Å². The molecule has 0 radical (unpaired) electrons. The number of hydrogen-bond donors (Lipinski definition) is 7. The van der Waals surface area contributed by atoms with Crippen molar-refractivity contribution < 1.29 is 57.8 Å². The molecule has 0 aromatic carbocycles. The number of nitrogens with two attached hydrogens (primary N) is 1. The van der Waals surface area contributed by atoms with E-state index in [9.17, 15) is 48.3 Å². The third kappa shape index (κ3) is 25.0. The van der Waals surface area contributed by atoms with Crippen molar-refractivity contribution in [3.8, 4) is 0 Å². The number of likely N-dealkylation sites (N-methyl/N-ethyl adjacent to an activating group) is 7. The fourth-order valence-corrected chi connectivity index (χ4v) is 10.9. The van der Waals surface area contributed by atoms with Gasteiger partial charge in [-0.2, -0.15) is 0 Å². The number of amides is 11. The zero-order chi connectivity index (χ0) is 69.4. The predicted molar refractivity (Wildman–Crippen MR) is 347 cm³/mol. The van der Waals surface area contributed by atoms with Gasteiger partial charge >= 0.3 is 0 Å². The van der Waals surface area contributed by atoms with E-state index >= 15 is 9.59 Å². The minimum Gasteiger partial charge on any atom is -0.390 e. The van der Waals surface area contributed by atoms with E-state index in [1.54, 1.807) is 41.5 Å². The average Bonchev–Trinajstić information content (AvgIpc) is 1.43. The van der Waals surface area contributed by atoms with Crippen LogP contribution in [0.25, 0.3) is 0 Å². The standard InChI is InChI=1S/C62H114N12O12.C2H7N/c1-25-43-58(82)68(18)33-48(75)69(19)44(29-34(3)4)55(79)67-49(38(11)12)61(85)70(20)45(30-35(5)6)54(78)64-41(16)53(77)65-42(17)57(81)71(21)46(31-36(7)8)59(83)72(22)47(32-37(9)10)60(84)73(23)50(39(13)14)62(86)74(24)51(56(80)66-43)52(76)40(15)27-28-63-26-2;1-2-3/h34-47,49-52,63,76H,25-33H2,1-24H3,(H,64,78)(H,65,77)(H,66,80)(H,67,79);2-3H2,1H3. The molecule has 0 bridgehead atoms. The van der Waals surface area contributed by atoms with Crippen molar-refractivity contribution in [2.24, 2.45) is 47.2 Å². The van der Waals surface area contributed by atoms with Crippen molar-refractivity contribution >= 4 is 65.0 Å². The van der Waals surface area contributed by atoms with E-state index in [0.29, 0.717) is 19.5 Å². The summed E-state index contributed by atoms with van der Waals surface area (Å²) in [5, 5.41) is 26.4. The van der Waals surface area contributed by atoms with Crippen LogP contribution in [0.1, 0.15) is 163 Å². The van der Waals surface area contributed by atoms with Gasteiger partial charge in [0.2, 0.25) is 65.0 Å². The van der Waals surface area contributed by atoms with Crippen LogP contribution >= 0.6 is 0 Å². The highest BCUT2D eigenvalue weighted by Crippen LogP contribution is 2.25. The van der Waals surface area contributed by atoms with Gasteiger partial charge in [-0.25, -0.2) is 0 Å². The summed E-state index contributed by atoms with van der Waals surface area (Å²) in [5.74, 6) is -9.66. The molecule has 0 aromatic rings. The third-order valence-electron chi connectivity index (χ3n) is 16.4. The largest absolute Gasteiger partial charge is 0.390 e. The zero-order valence-corrected chi connectivity index (χ0v) is 59.1. The molecule has 1 aliphatic heterocycles. The highest BCUT2D eigenvalue weighted by atomic mass is 16.3. The van der Waals surface area contributed by atoms with Crippen molar-refractivity contribution in [1.82, 2.24) is 60.9 Å². The molecule has 1 heterocycles. The van der Waals surface area contributed by atoms with Gasteiger partial charge in [0.05, 0.1) is 12.6 Å². The number of carbonyl (C=O) groups is 11. The Morgan fingerprint density at radius 2 is 0.876 bits per heavy atom. The van der Waals surface area contributed by atoms with Crippen LogP contribution in [0.4, 0.5) is 0 Å². The second kappa shape index (κ2) is 39.3. The lowest BCUT2D eigenvalue weighted by molar-refractivity contribution is -0.157. The van der Waals surface area contributed by atoms with Crippen LogP contribution in [0.3, 0.4) is 0 Å². The molecule has 0 spiro atoms. The molecular formula is C64H121N13O12. The summed E-state index contributed by atoms with van der Waals surface area (Å²) >= 11 is 0. The van der Waals surface area contributed by atoms with Gasteiger partial charge in [-0.3, -0.25) is 52.7 Å². The summed E-state index contributed by atoms with van der Waals surface area (Å²) in [5.41, 5.74) is 4.85. The van der Waals surface area contributed by atoms with Gasteiger partial charge in [-0.05, 0) is 113 Å². The molecule has 514 valence electrons. The molecule has 0 saturated carbocycles. The van der Waals surface area contributed by atoms with Crippen molar-refractivity contribution in [1.29, 1.82) is 0 Å². The molecule has 1 saturated heterocycles. The Bertz CT molecular complexity index is 2320. The molecule has 1 rings (SSSR count). The second-order valence-electron chi connectivity index (χ2n) is 26.8. The molecule has 11 amide bonds. The van der Waals surface area contributed by atoms with Crippen LogP contribution in [0.15, 0.2) is 0 Å². The first-order chi connectivity index (χ1) is 41.1. The van der Waals surface area contributed by atoms with E-state index in [0.717, 1.165) is 16.3 Å². The van der Waals surface area contributed by atoms with Crippen molar-refractivity contribution in [2.45, 2.75) is 230 Å². The molecule has 1 fully saturated rings. The molecule has 1 aliphatic rings. The molecule has 89 heavy (non-hydrogen) atoms. The fourth-order valence-electron chi connectivity index (χ4n) is 10.9. The fraction of sp³-hybridized carbons (Fsp3) is 0.828. The second-order valence-corrected chi connectivity index (χ2v) is 26.8. The summed E-state index contributed by atoms with van der Waals surface area (Å²) in [7, 11) is 9.94. The molecule has 0 aromatic heterocycles. The summed E-state index contributed by atoms with van der Waals surface area (Å²) in [4.78, 5) is 169. The van der Waals surface area contributed by atoms with Gasteiger partial charge in [-0.15, -0.1) is 0 Å². The highest BCUT2D eigenvalue weighted by molar-refractivity contribution is 5.99. The summed E-state index contributed by atoms with van der Waals surface area (Å²) < 4.78 is 0. The predicted octanol–water partition coefficient (Wildman–Crippen LogP) is 2.27. The SMILES string of the molecule is CCN.CCNCCC(C)C(O)C1C(=O)NC(CC)C(=O)N(C)CC(=O)N(C)C(CC(C)C)C(=O)NC(C(C)C)C(=O)N(C)C(CC(C)C)C(=O)NC(C)C(=O)NC(C)C(=O)N(C)C(CC(C)C)C(=O)N(C)C(CC(C)C)C(=O)N(C)C(C(C)C)C(=O)N1C. The summed E-state index contributed by atoms with van der Waals surface area (Å²) in [6.45, 7) is 33.3. The smallest absolute Gasteiger partial charge is 0.246 e. The Kier molecular flexibility index (Phi) is 36.7. The third-order valence-corrected chi connectivity index (χ3v) is 16.4. The van der Waals surface area contributed by atoms with E-state index in [1.165, 1.54) is 87.7 Å². The van der Waals surface area contributed by atoms with Crippen molar-refractivity contribution in [3.05, 3.63) is 0 Å². The molecule has 25 nitrogen and oxygen atoms in total. The Morgan fingerprint density at radius 1 is 0.472 bits per heavy atom. The lowest BCUT2D eigenvalue weighted by Gasteiger charge is -2.41. The maximum Gasteiger partial charge on any atom is 0.246 e. The topological polar surface area (TPSA) is 317 Å². The Hall–Kier alpha value is -5.95. The zero-order valence-electron chi connectivity index (χ0n) is 59.1. The van der Waals surface area contributed by atoms with Crippen LogP contribution in [0.5, 0.6) is 0 Å². The molecule has 8 N–H and O–H groups in total. The van der Waals surface area contributed by atoms with E-state index in [2.05, 4.69) is 26.6 Å². The van der Waals surface area contributed by atoms with E-state index < -0.39 is 156 Å². The maximum absolute atomic E-state index is 15.2. The van der Waals surface area contributed by atoms with Crippen LogP contribution in [-0.2, 0) is 52.7 Å². The minimum atomic E-state index is -1.60. The van der Waals surface area contributed by atoms with Gasteiger partial charge in [-0.1, -0.05) is 111 Å². The molecule has 25 heteroatoms. The van der Waals surface area contributed by atoms with Crippen LogP contribution in [-0.4, -0.2) is 246 Å². The van der Waals surface area contributed by atoms with E-state index in [4.69, 9.17) is 5.73 Å². The lowest BCUT2D eigenvalue weighted by atomic mass is 9.91. The first kappa shape index (κ1) is 83.1. The monoisotopic (exact) mass is 1260 g/mol. The molecule has 12 unspecified atom stereocenters. The van der Waals surface area contributed by atoms with Gasteiger partial charge in [0.15, 0.2) is 0 Å². The van der Waals surface area contributed by atoms with Crippen LogP contribution in [0, 0.1) is 41.4 Å². The highest BCUT2D eigenvalue weighted by Gasteiger charge is 2.46. The average molecular weight is 1260 g/mol. The van der Waals surface area contributed by atoms with Gasteiger partial charge in [0.25, 0.3) is 0 Å². The van der Waals surface area contributed by atoms with Crippen LogP contribution < -0.4 is 32.3 Å². The number of nitrogens with one attached hydrogen (secondary N) is 5. The number of carbonyl (C=O) groups excluding carboxylic acids is 11. The first-order valence-electron chi connectivity index (χ1n) is 32.3. The van der Waals surface area contributed by atoms with Gasteiger partial charge in [0.1, 0.15) is 60.4 Å². The van der Waals surface area contributed by atoms with Crippen molar-refractivity contribution in [2.75, 3.05) is 75.5 Å². The molecule has 12 atom stereocenters. The minimum absolute atomic E-state index is 0.0247. The van der Waals surface area contributed by atoms with Gasteiger partial charge in [0, 0.05) is 49.3 Å². The lowest BCUT2D eigenvalue weighted by Crippen LogP contribution is -2.63. The quantitative estimate of drug-likeness (QED) is 0.103. The van der Waals surface area contributed by atoms with Crippen molar-refractivity contribution in [3.63, 3.8) is 0 Å². The van der Waals surface area contributed by atoms with Gasteiger partial charge < -0.3 is 71.7 Å². The number of nitrogens with zero attached hydrogens (tertiary/aromatic N) is 7. The molecule has 0 aliphatic carbocycles. The summed E-state index contributed by atoms with van der Waals surface area (Å²) in [6.07, 6.45) is -0.453. The number of aliphatic hydroxyl groups is 1. The van der Waals surface area contributed by atoms with Crippen LogP contribution in [0.2, 0.25) is 0 Å². The van der Waals surface area contributed by atoms with E-state index in [-0.39, 0.29) is 55.8 Å². The number of hydrogen-bond acceptors (Lipinski definition) is 14. The Labute approximate surface area is 534 Å². The Balaban J connectivity index is 0.0000252. The summed E-state index contributed by atoms with van der Waals surface area (Å²) in [6, 6.07) is -12.3. The normalized spacial score (nSPS) is 25.9. The maximum atomic E-state index is 15.2. The number of rotatable bonds is 17. The molecular weight excluding hydrogens is 1140 g/mol. The Morgan fingerprint density at radius 3 is 1.31 bits per heavy atom. The number of aliphatic hydroxyl groups excluding tert-OH is 1.